The highest BCUT2D eigenvalue weighted by Crippen LogP contribution is 2.38. The van der Waals surface area contributed by atoms with Crippen LogP contribution in [-0.2, 0) is 4.74 Å². The number of rotatable bonds is 3. The minimum Gasteiger partial charge on any atom is -0.383 e. The number of piperazine rings is 1. The van der Waals surface area contributed by atoms with Crippen LogP contribution in [0.15, 0.2) is 0 Å². The van der Waals surface area contributed by atoms with Crippen molar-refractivity contribution in [3.05, 3.63) is 0 Å². The summed E-state index contributed by atoms with van der Waals surface area (Å²) in [5.41, 5.74) is 0.708. The first-order valence-corrected chi connectivity index (χ1v) is 8.38. The molecule has 2 aliphatic rings. The Labute approximate surface area is 125 Å². The highest BCUT2D eigenvalue weighted by Gasteiger charge is 2.46. The molecule has 0 bridgehead atoms. The molecule has 1 spiro atoms. The normalized spacial score (nSPS) is 29.6. The fraction of sp³-hybridized carbons (Fsp3) is 1.00. The van der Waals surface area contributed by atoms with Gasteiger partial charge in [-0.1, -0.05) is 40.0 Å². The van der Waals surface area contributed by atoms with Gasteiger partial charge in [0.15, 0.2) is 0 Å². The molecule has 20 heavy (non-hydrogen) atoms. The number of nitrogens with zero attached hydrogens (tertiary/aromatic N) is 1. The molecule has 1 aliphatic heterocycles. The Kier molecular flexibility index (Phi) is 5.14. The highest BCUT2D eigenvalue weighted by atomic mass is 16.5. The van der Waals surface area contributed by atoms with Gasteiger partial charge in [0.1, 0.15) is 0 Å². The Morgan fingerprint density at radius 1 is 1.25 bits per heavy atom. The first-order valence-electron chi connectivity index (χ1n) is 8.38. The molecule has 0 amide bonds. The van der Waals surface area contributed by atoms with E-state index in [2.05, 4.69) is 37.9 Å². The van der Waals surface area contributed by atoms with Crippen LogP contribution in [0, 0.1) is 5.41 Å². The first kappa shape index (κ1) is 16.3. The van der Waals surface area contributed by atoms with E-state index in [1.807, 2.05) is 7.11 Å². The van der Waals surface area contributed by atoms with Gasteiger partial charge in [-0.25, -0.2) is 0 Å². The molecule has 2 rings (SSSR count). The van der Waals surface area contributed by atoms with Crippen molar-refractivity contribution in [3.8, 4) is 0 Å². The summed E-state index contributed by atoms with van der Waals surface area (Å²) in [5, 5.41) is 3.86. The Morgan fingerprint density at radius 2 is 1.90 bits per heavy atom. The quantitative estimate of drug-likeness (QED) is 0.861. The number of hydrogen-bond acceptors (Lipinski definition) is 3. The van der Waals surface area contributed by atoms with Crippen molar-refractivity contribution < 1.29 is 4.74 Å². The molecule has 2 unspecified atom stereocenters. The maximum Gasteiger partial charge on any atom is 0.0615 e. The van der Waals surface area contributed by atoms with Gasteiger partial charge in [-0.05, 0) is 25.2 Å². The van der Waals surface area contributed by atoms with Gasteiger partial charge in [0.05, 0.1) is 6.61 Å². The maximum atomic E-state index is 5.45. The van der Waals surface area contributed by atoms with Crippen molar-refractivity contribution in [3.63, 3.8) is 0 Å². The molecule has 1 saturated carbocycles. The van der Waals surface area contributed by atoms with E-state index >= 15 is 0 Å². The molecule has 1 saturated heterocycles. The zero-order valence-electron chi connectivity index (χ0n) is 14.2. The Bertz CT molecular complexity index is 305. The van der Waals surface area contributed by atoms with Gasteiger partial charge in [0, 0.05) is 37.8 Å². The SMILES string of the molecule is COCC(C)N1CC(C(C)(C)C)NCC12CCCCC2. The molecule has 3 nitrogen and oxygen atoms in total. The topological polar surface area (TPSA) is 24.5 Å². The second-order valence-corrected chi connectivity index (χ2v) is 8.04. The first-order chi connectivity index (χ1) is 9.39. The molecule has 1 N–H and O–H groups in total. The highest BCUT2D eigenvalue weighted by molar-refractivity contribution is 5.04. The lowest BCUT2D eigenvalue weighted by Crippen LogP contribution is -2.69. The fourth-order valence-corrected chi connectivity index (χ4v) is 4.10. The predicted octanol–water partition coefficient (Wildman–Crippen LogP) is 3.04. The largest absolute Gasteiger partial charge is 0.383 e. The second kappa shape index (κ2) is 6.33. The van der Waals surface area contributed by atoms with Gasteiger partial charge < -0.3 is 10.1 Å². The minimum absolute atomic E-state index is 0.321. The van der Waals surface area contributed by atoms with E-state index in [4.69, 9.17) is 4.74 Å². The lowest BCUT2D eigenvalue weighted by molar-refractivity contribution is -0.0519. The van der Waals surface area contributed by atoms with Gasteiger partial charge in [-0.15, -0.1) is 0 Å². The zero-order chi connectivity index (χ0) is 14.8. The molecule has 118 valence electrons. The minimum atomic E-state index is 0.321. The van der Waals surface area contributed by atoms with E-state index in [0.29, 0.717) is 23.0 Å². The lowest BCUT2D eigenvalue weighted by atomic mass is 9.75. The number of methoxy groups -OCH3 is 1. The molecule has 1 heterocycles. The van der Waals surface area contributed by atoms with E-state index in [0.717, 1.165) is 19.7 Å². The molecule has 3 heteroatoms. The van der Waals surface area contributed by atoms with Crippen LogP contribution < -0.4 is 5.32 Å². The summed E-state index contributed by atoms with van der Waals surface area (Å²) in [6.45, 7) is 12.6. The monoisotopic (exact) mass is 282 g/mol. The second-order valence-electron chi connectivity index (χ2n) is 8.04. The van der Waals surface area contributed by atoms with Crippen LogP contribution >= 0.6 is 0 Å². The average Bonchev–Trinajstić information content (AvgIpc) is 2.39. The summed E-state index contributed by atoms with van der Waals surface area (Å²) in [6, 6.07) is 1.10. The lowest BCUT2D eigenvalue weighted by Gasteiger charge is -2.56. The summed E-state index contributed by atoms with van der Waals surface area (Å²) in [6.07, 6.45) is 6.89. The van der Waals surface area contributed by atoms with Crippen molar-refractivity contribution in [1.82, 2.24) is 10.2 Å². The van der Waals surface area contributed by atoms with Crippen molar-refractivity contribution in [2.45, 2.75) is 77.4 Å². The summed E-state index contributed by atoms with van der Waals surface area (Å²) >= 11 is 0. The Morgan fingerprint density at radius 3 is 2.45 bits per heavy atom. The molecular weight excluding hydrogens is 248 g/mol. The maximum absolute atomic E-state index is 5.45. The van der Waals surface area contributed by atoms with Gasteiger partial charge in [0.25, 0.3) is 0 Å². The van der Waals surface area contributed by atoms with Gasteiger partial charge in [-0.3, -0.25) is 4.90 Å². The predicted molar refractivity (Wildman–Crippen MR) is 85.1 cm³/mol. The fourth-order valence-electron chi connectivity index (χ4n) is 4.10. The van der Waals surface area contributed by atoms with Crippen molar-refractivity contribution in [1.29, 1.82) is 0 Å². The average molecular weight is 282 g/mol. The third-order valence-electron chi connectivity index (χ3n) is 5.44. The van der Waals surface area contributed by atoms with Gasteiger partial charge in [0.2, 0.25) is 0 Å². The van der Waals surface area contributed by atoms with E-state index in [1.165, 1.54) is 32.1 Å². The molecule has 2 fully saturated rings. The molecule has 0 aromatic rings. The van der Waals surface area contributed by atoms with E-state index in [-0.39, 0.29) is 0 Å². The number of hydrogen-bond donors (Lipinski definition) is 1. The van der Waals surface area contributed by atoms with Crippen molar-refractivity contribution in [2.24, 2.45) is 5.41 Å². The smallest absolute Gasteiger partial charge is 0.0615 e. The van der Waals surface area contributed by atoms with E-state index in [9.17, 15) is 0 Å². The Balaban J connectivity index is 2.16. The van der Waals surface area contributed by atoms with Crippen molar-refractivity contribution >= 4 is 0 Å². The number of nitrogens with one attached hydrogen (secondary N) is 1. The summed E-state index contributed by atoms with van der Waals surface area (Å²) in [7, 11) is 1.83. The van der Waals surface area contributed by atoms with E-state index in [1.54, 1.807) is 0 Å². The molecule has 1 aliphatic carbocycles. The van der Waals surface area contributed by atoms with Crippen LogP contribution in [0.3, 0.4) is 0 Å². The molecule has 2 atom stereocenters. The third-order valence-corrected chi connectivity index (χ3v) is 5.44. The van der Waals surface area contributed by atoms with Crippen LogP contribution in [0.25, 0.3) is 0 Å². The van der Waals surface area contributed by atoms with Gasteiger partial charge in [-0.2, -0.15) is 0 Å². The number of ether oxygens (including phenoxy) is 1. The summed E-state index contributed by atoms with van der Waals surface area (Å²) in [4.78, 5) is 2.78. The van der Waals surface area contributed by atoms with Crippen LogP contribution in [0.2, 0.25) is 0 Å². The van der Waals surface area contributed by atoms with Crippen LogP contribution in [-0.4, -0.2) is 49.3 Å². The van der Waals surface area contributed by atoms with E-state index < -0.39 is 0 Å². The zero-order valence-corrected chi connectivity index (χ0v) is 14.2. The molecular formula is C17H34N2O. The van der Waals surface area contributed by atoms with Crippen LogP contribution in [0.1, 0.15) is 59.8 Å². The standard InChI is InChI=1S/C17H34N2O/c1-14(12-20-5)19-11-15(16(2,3)4)18-13-17(19)9-7-6-8-10-17/h14-15,18H,6-13H2,1-5H3. The Hall–Kier alpha value is -0.120. The summed E-state index contributed by atoms with van der Waals surface area (Å²) in [5.74, 6) is 0. The third kappa shape index (κ3) is 3.37. The molecule has 0 aromatic heterocycles. The van der Waals surface area contributed by atoms with Crippen LogP contribution in [0.5, 0.6) is 0 Å². The molecule has 0 aromatic carbocycles. The summed E-state index contributed by atoms with van der Waals surface area (Å²) < 4.78 is 5.45. The van der Waals surface area contributed by atoms with Crippen molar-refractivity contribution in [2.75, 3.05) is 26.8 Å². The van der Waals surface area contributed by atoms with Gasteiger partial charge >= 0.3 is 0 Å². The molecule has 0 radical (unpaired) electrons. The van der Waals surface area contributed by atoms with Crippen LogP contribution in [0.4, 0.5) is 0 Å².